The monoisotopic (exact) mass is 760 g/mol. The zero-order valence-electron chi connectivity index (χ0n) is 23.3. The maximum Gasteiger partial charge on any atom is 0.638 e. The normalized spacial score (nSPS) is 11.3. The van der Waals surface area contributed by atoms with E-state index in [1.54, 1.807) is 0 Å². The second-order valence-electron chi connectivity index (χ2n) is 7.99. The number of ether oxygens (including phenoxy) is 2. The molecule has 4 aromatic rings. The van der Waals surface area contributed by atoms with Crippen LogP contribution in [0.3, 0.4) is 0 Å². The van der Waals surface area contributed by atoms with Crippen molar-refractivity contribution in [1.82, 2.24) is 19.9 Å². The van der Waals surface area contributed by atoms with Gasteiger partial charge in [-0.05, 0) is 50.1 Å². The molecule has 4 heterocycles. The van der Waals surface area contributed by atoms with Crippen molar-refractivity contribution in [3.63, 3.8) is 0 Å². The first-order valence-electron chi connectivity index (χ1n) is 11.7. The number of halogens is 8. The Hall–Kier alpha value is -2.81. The predicted octanol–water partition coefficient (Wildman–Crippen LogP) is 4.43. The molecule has 0 amide bonds. The Labute approximate surface area is 263 Å². The van der Waals surface area contributed by atoms with Crippen molar-refractivity contribution >= 4 is 73.8 Å². The van der Waals surface area contributed by atoms with Crippen LogP contribution in [0.5, 0.6) is 11.8 Å². The Morgan fingerprint density at radius 1 is 0.682 bits per heavy atom. The highest BCUT2D eigenvalue weighted by atomic mass is 79.9. The van der Waals surface area contributed by atoms with E-state index in [0.717, 1.165) is 6.07 Å². The summed E-state index contributed by atoms with van der Waals surface area (Å²) in [5.41, 5.74) is -2.63. The van der Waals surface area contributed by atoms with Crippen LogP contribution in [-0.4, -0.2) is 80.0 Å². The molecule has 0 radical (unpaired) electrons. The molecule has 0 saturated heterocycles. The smallest absolute Gasteiger partial charge is 0.481 e. The second-order valence-corrected chi connectivity index (χ2v) is 9.63. The van der Waals surface area contributed by atoms with Crippen LogP contribution >= 0.6 is 31.9 Å². The van der Waals surface area contributed by atoms with Crippen molar-refractivity contribution in [2.75, 3.05) is 35.5 Å². The Balaban J connectivity index is 0.000000256. The molecule has 0 saturated carbocycles. The summed E-state index contributed by atoms with van der Waals surface area (Å²) in [5.74, 6) is 0.484. The standard InChI is InChI=1S/C10H7BBrF3N2O3.C10H6BrF3N2O.C3H9BO3/c1-20-5-3-2-4-8(17-5)7(12)6(11(18)19)9(16-4)10(13,14)15;1-17-8-3-2-6-9(16-8)5(11)4-7(15-6)10(12,13)14;1-5-4(6-2)7-3/h2-3,18-19H,1H3;2-4H,1H3;1-3H3. The van der Waals surface area contributed by atoms with Gasteiger partial charge in [0.15, 0.2) is 0 Å². The summed E-state index contributed by atoms with van der Waals surface area (Å²) in [4.78, 5) is 14.9. The lowest BCUT2D eigenvalue weighted by Crippen LogP contribution is -2.38. The molecular formula is C23H22B2Br2F6N4O7. The van der Waals surface area contributed by atoms with Crippen LogP contribution in [0.15, 0.2) is 39.3 Å². The number of aromatic nitrogens is 4. The van der Waals surface area contributed by atoms with E-state index in [-0.39, 0.29) is 31.4 Å². The fourth-order valence-corrected chi connectivity index (χ4v) is 4.45. The molecule has 21 heteroatoms. The Morgan fingerprint density at radius 3 is 1.55 bits per heavy atom. The van der Waals surface area contributed by atoms with Crippen molar-refractivity contribution in [2.24, 2.45) is 0 Å². The van der Waals surface area contributed by atoms with E-state index >= 15 is 0 Å². The minimum atomic E-state index is -4.82. The van der Waals surface area contributed by atoms with E-state index in [1.165, 1.54) is 59.8 Å². The molecule has 44 heavy (non-hydrogen) atoms. The van der Waals surface area contributed by atoms with Crippen LogP contribution < -0.4 is 14.9 Å². The summed E-state index contributed by atoms with van der Waals surface area (Å²) in [6.45, 7) is 0. The first-order chi connectivity index (χ1) is 20.5. The minimum Gasteiger partial charge on any atom is -0.481 e. The maximum absolute atomic E-state index is 12.9. The quantitative estimate of drug-likeness (QED) is 0.213. The largest absolute Gasteiger partial charge is 0.638 e. The fourth-order valence-electron chi connectivity index (χ4n) is 3.26. The summed E-state index contributed by atoms with van der Waals surface area (Å²) < 4.78 is 99.9. The third-order valence-corrected chi connectivity index (χ3v) is 6.58. The fraction of sp³-hybridized carbons (Fsp3) is 0.304. The number of alkyl halides is 6. The zero-order chi connectivity index (χ0) is 33.4. The predicted molar refractivity (Wildman–Crippen MR) is 154 cm³/mol. The summed E-state index contributed by atoms with van der Waals surface area (Å²) in [7, 11) is 4.46. The van der Waals surface area contributed by atoms with E-state index in [9.17, 15) is 26.3 Å². The van der Waals surface area contributed by atoms with Crippen LogP contribution in [-0.2, 0) is 26.3 Å². The van der Waals surface area contributed by atoms with E-state index < -0.39 is 43.6 Å². The van der Waals surface area contributed by atoms with Crippen LogP contribution in [0.1, 0.15) is 11.4 Å². The van der Waals surface area contributed by atoms with Gasteiger partial charge in [-0.2, -0.15) is 26.3 Å². The zero-order valence-corrected chi connectivity index (χ0v) is 26.5. The molecule has 0 spiro atoms. The van der Waals surface area contributed by atoms with Crippen molar-refractivity contribution in [2.45, 2.75) is 12.4 Å². The van der Waals surface area contributed by atoms with Crippen LogP contribution in [0, 0.1) is 0 Å². The van der Waals surface area contributed by atoms with Gasteiger partial charge in [0.25, 0.3) is 0 Å². The van der Waals surface area contributed by atoms with Gasteiger partial charge in [0.1, 0.15) is 22.4 Å². The number of fused-ring (bicyclic) bond motifs is 2. The third kappa shape index (κ3) is 9.59. The number of hydrogen-bond donors (Lipinski definition) is 2. The van der Waals surface area contributed by atoms with Gasteiger partial charge < -0.3 is 33.5 Å². The molecule has 0 fully saturated rings. The highest BCUT2D eigenvalue weighted by Gasteiger charge is 2.40. The lowest BCUT2D eigenvalue weighted by Gasteiger charge is -2.15. The highest BCUT2D eigenvalue weighted by Crippen LogP contribution is 2.33. The Bertz CT molecular complexity index is 1560. The first kappa shape index (κ1) is 37.4. The molecule has 0 atom stereocenters. The maximum atomic E-state index is 12.9. The molecule has 4 rings (SSSR count). The van der Waals surface area contributed by atoms with Gasteiger partial charge >= 0.3 is 26.8 Å². The molecule has 0 bridgehead atoms. The molecule has 0 aliphatic heterocycles. The van der Waals surface area contributed by atoms with Crippen LogP contribution in [0.4, 0.5) is 26.3 Å². The Morgan fingerprint density at radius 2 is 1.16 bits per heavy atom. The molecule has 238 valence electrons. The molecule has 0 unspecified atom stereocenters. The summed E-state index contributed by atoms with van der Waals surface area (Å²) >= 11 is 5.96. The van der Waals surface area contributed by atoms with Crippen molar-refractivity contribution < 1.29 is 59.8 Å². The summed E-state index contributed by atoms with van der Waals surface area (Å²) in [6, 6.07) is 6.45. The van der Waals surface area contributed by atoms with Gasteiger partial charge in [-0.15, -0.1) is 0 Å². The van der Waals surface area contributed by atoms with E-state index in [1.807, 2.05) is 0 Å². The number of pyridine rings is 4. The average molecular weight is 762 g/mol. The van der Waals surface area contributed by atoms with Gasteiger partial charge in [-0.25, -0.2) is 19.9 Å². The second kappa shape index (κ2) is 16.0. The van der Waals surface area contributed by atoms with Crippen molar-refractivity contribution in [3.05, 3.63) is 50.7 Å². The lowest BCUT2D eigenvalue weighted by molar-refractivity contribution is -0.141. The number of nitrogens with zero attached hydrogens (tertiary/aromatic N) is 4. The third-order valence-electron chi connectivity index (χ3n) is 5.17. The number of methoxy groups -OCH3 is 2. The van der Waals surface area contributed by atoms with E-state index in [4.69, 9.17) is 19.5 Å². The molecular weight excluding hydrogens is 740 g/mol. The number of rotatable bonds is 6. The molecule has 11 nitrogen and oxygen atoms in total. The molecule has 4 aromatic heterocycles. The van der Waals surface area contributed by atoms with Gasteiger partial charge in [0.05, 0.1) is 25.3 Å². The van der Waals surface area contributed by atoms with Gasteiger partial charge in [-0.1, -0.05) is 0 Å². The van der Waals surface area contributed by atoms with Crippen molar-refractivity contribution in [3.8, 4) is 11.8 Å². The number of hydrogen-bond acceptors (Lipinski definition) is 11. The molecule has 0 aromatic carbocycles. The molecule has 0 aliphatic carbocycles. The van der Waals surface area contributed by atoms with Gasteiger partial charge in [0, 0.05) is 47.9 Å². The highest BCUT2D eigenvalue weighted by molar-refractivity contribution is 9.11. The average Bonchev–Trinajstić information content (AvgIpc) is 2.97. The summed E-state index contributed by atoms with van der Waals surface area (Å²) in [5, 5.41) is 18.3. The van der Waals surface area contributed by atoms with Crippen molar-refractivity contribution in [1.29, 1.82) is 0 Å². The SMILES string of the molecule is COB(OC)OC.COc1ccc2nc(C(F)(F)F)c(B(O)O)c(Br)c2n1.COc1ccc2nc(C(F)(F)F)cc(Br)c2n1. The van der Waals surface area contributed by atoms with E-state index in [2.05, 4.69) is 65.8 Å². The van der Waals surface area contributed by atoms with Crippen LogP contribution in [0.25, 0.3) is 22.1 Å². The topological polar surface area (TPSA) is 138 Å². The first-order valence-corrected chi connectivity index (χ1v) is 13.2. The Kier molecular flexibility index (Phi) is 13.6. The summed E-state index contributed by atoms with van der Waals surface area (Å²) in [6.07, 6.45) is -9.30. The van der Waals surface area contributed by atoms with Crippen LogP contribution in [0.2, 0.25) is 0 Å². The van der Waals surface area contributed by atoms with Gasteiger partial charge in [-0.3, -0.25) is 0 Å². The minimum absolute atomic E-state index is 0.0421. The molecule has 2 N–H and O–H groups in total. The van der Waals surface area contributed by atoms with E-state index in [0.29, 0.717) is 11.4 Å². The van der Waals surface area contributed by atoms with Gasteiger partial charge in [0.2, 0.25) is 11.8 Å². The lowest BCUT2D eigenvalue weighted by atomic mass is 9.78. The molecule has 0 aliphatic rings.